The summed E-state index contributed by atoms with van der Waals surface area (Å²) in [6, 6.07) is 5.77. The van der Waals surface area contributed by atoms with Crippen LogP contribution in [0.3, 0.4) is 0 Å². The van der Waals surface area contributed by atoms with Gasteiger partial charge >= 0.3 is 0 Å². The first-order chi connectivity index (χ1) is 13.4. The molecule has 10 heteroatoms. The van der Waals surface area contributed by atoms with Crippen LogP contribution >= 0.6 is 22.6 Å². The first-order valence-corrected chi connectivity index (χ1v) is 9.40. The van der Waals surface area contributed by atoms with Crippen molar-refractivity contribution in [1.29, 1.82) is 0 Å². The minimum atomic E-state index is -1.18. The van der Waals surface area contributed by atoms with Crippen LogP contribution in [0.5, 0.6) is 5.75 Å². The molecule has 1 amide bonds. The molecular formula is C18H17F2IN2O5. The average Bonchev–Trinajstić information content (AvgIpc) is 3.14. The van der Waals surface area contributed by atoms with Crippen LogP contribution in [0.15, 0.2) is 24.3 Å². The predicted octanol–water partition coefficient (Wildman–Crippen LogP) is 2.26. The summed E-state index contributed by atoms with van der Waals surface area (Å²) in [5.41, 5.74) is 2.20. The van der Waals surface area contributed by atoms with Crippen molar-refractivity contribution in [3.63, 3.8) is 0 Å². The molecule has 0 unspecified atom stereocenters. The Bertz CT molecular complexity index is 897. The van der Waals surface area contributed by atoms with Gasteiger partial charge in [0.05, 0.1) is 30.2 Å². The topological polar surface area (TPSA) is 100 Å². The van der Waals surface area contributed by atoms with Crippen LogP contribution in [-0.4, -0.2) is 42.0 Å². The lowest BCUT2D eigenvalue weighted by Crippen LogP contribution is -2.30. The molecule has 150 valence electrons. The predicted molar refractivity (Wildman–Crippen MR) is 105 cm³/mol. The molecule has 7 nitrogen and oxygen atoms in total. The fraction of sp³-hybridized carbons (Fsp3) is 0.278. The number of ether oxygens (including phenoxy) is 1. The van der Waals surface area contributed by atoms with Crippen molar-refractivity contribution in [2.24, 2.45) is 0 Å². The Labute approximate surface area is 172 Å². The number of nitrogens with one attached hydrogen (secondary N) is 2. The summed E-state index contributed by atoms with van der Waals surface area (Å²) >= 11 is 1.94. The Morgan fingerprint density at radius 3 is 2.86 bits per heavy atom. The number of carbonyl (C=O) groups is 1. The third kappa shape index (κ3) is 4.51. The number of hydroxylamine groups is 1. The van der Waals surface area contributed by atoms with Crippen molar-refractivity contribution in [3.8, 4) is 5.75 Å². The number of carbonyl (C=O) groups excluding carboxylic acids is 1. The molecule has 4 N–H and O–H groups in total. The number of fused-ring (bicyclic) bond motifs is 1. The molecule has 2 aromatic carbocycles. The smallest absolute Gasteiger partial charge is 0.277 e. The van der Waals surface area contributed by atoms with E-state index >= 15 is 0 Å². The fourth-order valence-corrected chi connectivity index (χ4v) is 3.08. The van der Waals surface area contributed by atoms with Gasteiger partial charge in [0.1, 0.15) is 18.5 Å². The van der Waals surface area contributed by atoms with Crippen molar-refractivity contribution in [2.45, 2.75) is 12.5 Å². The molecule has 3 rings (SSSR count). The Hall–Kier alpha value is -2.02. The summed E-state index contributed by atoms with van der Waals surface area (Å²) < 4.78 is 35.1. The van der Waals surface area contributed by atoms with Gasteiger partial charge in [0, 0.05) is 15.6 Å². The van der Waals surface area contributed by atoms with Crippen LogP contribution in [0.25, 0.3) is 0 Å². The lowest BCUT2D eigenvalue weighted by Gasteiger charge is -2.16. The minimum absolute atomic E-state index is 0.0112. The molecule has 1 heterocycles. The number of benzene rings is 2. The second-order valence-corrected chi connectivity index (χ2v) is 7.27. The van der Waals surface area contributed by atoms with Gasteiger partial charge in [-0.3, -0.25) is 9.63 Å². The van der Waals surface area contributed by atoms with E-state index in [4.69, 9.17) is 14.7 Å². The van der Waals surface area contributed by atoms with Gasteiger partial charge in [0.25, 0.3) is 5.91 Å². The van der Waals surface area contributed by atoms with Crippen molar-refractivity contribution in [1.82, 2.24) is 5.48 Å². The van der Waals surface area contributed by atoms with E-state index in [0.29, 0.717) is 15.6 Å². The number of aliphatic hydroxyl groups is 2. The van der Waals surface area contributed by atoms with Gasteiger partial charge in [-0.2, -0.15) is 0 Å². The van der Waals surface area contributed by atoms with Crippen LogP contribution in [0.1, 0.15) is 15.9 Å². The fourth-order valence-electron chi connectivity index (χ4n) is 2.63. The number of anilines is 2. The minimum Gasteiger partial charge on any atom is -0.490 e. The van der Waals surface area contributed by atoms with Gasteiger partial charge < -0.3 is 20.3 Å². The Morgan fingerprint density at radius 2 is 2.14 bits per heavy atom. The highest BCUT2D eigenvalue weighted by atomic mass is 127. The summed E-state index contributed by atoms with van der Waals surface area (Å²) in [6.07, 6.45) is -0.752. The van der Waals surface area contributed by atoms with Gasteiger partial charge in [-0.05, 0) is 46.9 Å². The van der Waals surface area contributed by atoms with E-state index in [1.165, 1.54) is 18.2 Å². The molecule has 0 saturated heterocycles. The maximum Gasteiger partial charge on any atom is 0.277 e. The SMILES string of the molecule is O=C(NOC[C@@H](O)CO)c1cc2c(c(F)c1Nc1ccc(I)cc1F)OCC2. The summed E-state index contributed by atoms with van der Waals surface area (Å²) in [5.74, 6) is -2.20. The standard InChI is InChI=1S/C18H17F2IN2O5/c19-13-6-10(21)1-2-14(13)22-16-12(18(26)23-28-8-11(25)7-24)5-9-3-4-27-17(9)15(16)20/h1-2,5-6,11,22,24-25H,3-4,7-8H2,(H,23,26)/t11-/m0/s1. The number of hydrogen-bond donors (Lipinski definition) is 4. The molecule has 0 saturated carbocycles. The first-order valence-electron chi connectivity index (χ1n) is 8.32. The highest BCUT2D eigenvalue weighted by Gasteiger charge is 2.27. The van der Waals surface area contributed by atoms with Crippen LogP contribution in [0, 0.1) is 15.2 Å². The van der Waals surface area contributed by atoms with Crippen molar-refractivity contribution in [3.05, 3.63) is 50.6 Å². The number of halogens is 3. The Morgan fingerprint density at radius 1 is 1.36 bits per heavy atom. The van der Waals surface area contributed by atoms with Gasteiger partial charge in [-0.15, -0.1) is 0 Å². The van der Waals surface area contributed by atoms with E-state index in [1.54, 1.807) is 6.07 Å². The number of aliphatic hydroxyl groups excluding tert-OH is 2. The van der Waals surface area contributed by atoms with E-state index in [-0.39, 0.29) is 35.9 Å². The van der Waals surface area contributed by atoms with E-state index in [9.17, 15) is 18.7 Å². The van der Waals surface area contributed by atoms with Crippen molar-refractivity contribution >= 4 is 39.9 Å². The highest BCUT2D eigenvalue weighted by molar-refractivity contribution is 14.1. The molecule has 0 aromatic heterocycles. The maximum absolute atomic E-state index is 15.0. The van der Waals surface area contributed by atoms with Crippen molar-refractivity contribution in [2.75, 3.05) is 25.1 Å². The van der Waals surface area contributed by atoms with Gasteiger partial charge in [-0.25, -0.2) is 14.3 Å². The average molecular weight is 506 g/mol. The van der Waals surface area contributed by atoms with E-state index in [0.717, 1.165) is 0 Å². The summed E-state index contributed by atoms with van der Waals surface area (Å²) in [6.45, 7) is -0.624. The zero-order chi connectivity index (χ0) is 20.3. The number of hydrogen-bond acceptors (Lipinski definition) is 6. The quantitative estimate of drug-likeness (QED) is 0.340. The molecule has 1 aliphatic heterocycles. The molecule has 28 heavy (non-hydrogen) atoms. The van der Waals surface area contributed by atoms with Gasteiger partial charge in [-0.1, -0.05) is 0 Å². The van der Waals surface area contributed by atoms with E-state index in [1.807, 2.05) is 22.6 Å². The monoisotopic (exact) mass is 506 g/mol. The maximum atomic E-state index is 15.0. The molecule has 1 atom stereocenters. The molecular weight excluding hydrogens is 489 g/mol. The second kappa shape index (κ2) is 8.99. The molecule has 0 aliphatic carbocycles. The number of amides is 1. The van der Waals surface area contributed by atoms with Crippen LogP contribution in [-0.2, 0) is 11.3 Å². The normalized spacial score (nSPS) is 13.6. The lowest BCUT2D eigenvalue weighted by molar-refractivity contribution is -0.0295. The van der Waals surface area contributed by atoms with Gasteiger partial charge in [0.15, 0.2) is 11.6 Å². The molecule has 0 fully saturated rings. The summed E-state index contributed by atoms with van der Waals surface area (Å²) in [7, 11) is 0. The Balaban J connectivity index is 1.92. The third-order valence-corrected chi connectivity index (χ3v) is 4.67. The van der Waals surface area contributed by atoms with E-state index < -0.39 is 30.3 Å². The van der Waals surface area contributed by atoms with Gasteiger partial charge in [0.2, 0.25) is 0 Å². The summed E-state index contributed by atoms with van der Waals surface area (Å²) in [4.78, 5) is 17.3. The third-order valence-electron chi connectivity index (χ3n) is 4.00. The van der Waals surface area contributed by atoms with E-state index in [2.05, 4.69) is 10.8 Å². The molecule has 2 aromatic rings. The van der Waals surface area contributed by atoms with Crippen molar-refractivity contribution < 1.29 is 33.4 Å². The largest absolute Gasteiger partial charge is 0.490 e. The zero-order valence-corrected chi connectivity index (χ0v) is 16.6. The summed E-state index contributed by atoms with van der Waals surface area (Å²) in [5, 5.41) is 20.6. The lowest BCUT2D eigenvalue weighted by atomic mass is 10.0. The zero-order valence-electron chi connectivity index (χ0n) is 14.5. The van der Waals surface area contributed by atoms with Crippen LogP contribution in [0.4, 0.5) is 20.2 Å². The Kier molecular flexibility index (Phi) is 6.65. The number of rotatable bonds is 7. The molecule has 0 radical (unpaired) electrons. The second-order valence-electron chi connectivity index (χ2n) is 6.03. The van der Waals surface area contributed by atoms with Crippen LogP contribution in [0.2, 0.25) is 0 Å². The highest BCUT2D eigenvalue weighted by Crippen LogP contribution is 2.38. The molecule has 1 aliphatic rings. The van der Waals surface area contributed by atoms with Crippen LogP contribution < -0.4 is 15.5 Å². The molecule has 0 spiro atoms. The molecule has 0 bridgehead atoms. The first kappa shape index (κ1) is 20.7.